The van der Waals surface area contributed by atoms with Crippen molar-refractivity contribution in [3.05, 3.63) is 27.2 Å². The van der Waals surface area contributed by atoms with Gasteiger partial charge in [0, 0.05) is 6.54 Å². The summed E-state index contributed by atoms with van der Waals surface area (Å²) < 4.78 is 18.8. The highest BCUT2D eigenvalue weighted by molar-refractivity contribution is 7.14. The number of ether oxygens (including phenoxy) is 1. The molecule has 0 radical (unpaired) electrons. The zero-order valence-corrected chi connectivity index (χ0v) is 14.9. The van der Waals surface area contributed by atoms with Crippen LogP contribution >= 0.6 is 11.3 Å². The Morgan fingerprint density at radius 1 is 1.39 bits per heavy atom. The van der Waals surface area contributed by atoms with Crippen LogP contribution in [0.5, 0.6) is 0 Å². The molecule has 0 saturated heterocycles. The molecular formula is C17H21FN2O2S. The normalized spacial score (nSPS) is 14.9. The molecule has 1 aromatic rings. The van der Waals surface area contributed by atoms with Crippen LogP contribution in [0.2, 0.25) is 0 Å². The lowest BCUT2D eigenvalue weighted by atomic mass is 10.1. The highest BCUT2D eigenvalue weighted by atomic mass is 32.1. The lowest BCUT2D eigenvalue weighted by molar-refractivity contribution is 0.00634. The number of carbonyl (C=O) groups is 1. The molecular weight excluding hydrogens is 315 g/mol. The van der Waals surface area contributed by atoms with Crippen molar-refractivity contribution in [3.63, 3.8) is 0 Å². The van der Waals surface area contributed by atoms with E-state index in [1.165, 1.54) is 17.4 Å². The van der Waals surface area contributed by atoms with Crippen LogP contribution in [0.4, 0.5) is 4.39 Å². The predicted molar refractivity (Wildman–Crippen MR) is 92.6 cm³/mol. The van der Waals surface area contributed by atoms with Crippen molar-refractivity contribution >= 4 is 34.9 Å². The van der Waals surface area contributed by atoms with Gasteiger partial charge < -0.3 is 4.74 Å². The van der Waals surface area contributed by atoms with Crippen molar-refractivity contribution in [1.29, 1.82) is 0 Å². The van der Waals surface area contributed by atoms with Crippen LogP contribution in [0, 0.1) is 0 Å². The maximum atomic E-state index is 13.4. The van der Waals surface area contributed by atoms with Gasteiger partial charge in [0.15, 0.2) is 5.69 Å². The van der Waals surface area contributed by atoms with Crippen molar-refractivity contribution in [1.82, 2.24) is 4.98 Å². The van der Waals surface area contributed by atoms with Gasteiger partial charge in [0.05, 0.1) is 4.88 Å². The molecule has 0 spiro atoms. The van der Waals surface area contributed by atoms with Gasteiger partial charge in [-0.25, -0.2) is 9.78 Å². The van der Waals surface area contributed by atoms with E-state index in [4.69, 9.17) is 4.74 Å². The van der Waals surface area contributed by atoms with Crippen LogP contribution in [0.15, 0.2) is 16.6 Å². The van der Waals surface area contributed by atoms with E-state index >= 15 is 0 Å². The standard InChI is InChI=1S/C17H21FN2O2S/c1-10(2)8-12-14(16(21)22-17(3,4)5)20-15(23-12)11-6-7-19-13(18)9-11/h8-9H,6-7H2,1-5H3. The number of hydrogen-bond acceptors (Lipinski definition) is 5. The molecule has 4 nitrogen and oxygen atoms in total. The summed E-state index contributed by atoms with van der Waals surface area (Å²) in [4.78, 5) is 21.3. The minimum atomic E-state index is -0.591. The quantitative estimate of drug-likeness (QED) is 0.753. The molecule has 124 valence electrons. The van der Waals surface area contributed by atoms with Gasteiger partial charge in [-0.05, 0) is 58.8 Å². The summed E-state index contributed by atoms with van der Waals surface area (Å²) in [7, 11) is 0. The molecule has 0 fully saturated rings. The maximum absolute atomic E-state index is 13.4. The van der Waals surface area contributed by atoms with E-state index < -0.39 is 17.5 Å². The summed E-state index contributed by atoms with van der Waals surface area (Å²) in [5.41, 5.74) is 1.51. The minimum Gasteiger partial charge on any atom is -0.455 e. The Bertz CT molecular complexity index is 705. The number of halogens is 1. The van der Waals surface area contributed by atoms with Crippen LogP contribution in [0.3, 0.4) is 0 Å². The van der Waals surface area contributed by atoms with E-state index in [1.807, 2.05) is 40.7 Å². The molecule has 0 bridgehead atoms. The molecule has 23 heavy (non-hydrogen) atoms. The lowest BCUT2D eigenvalue weighted by Gasteiger charge is -2.18. The Hall–Kier alpha value is -1.82. The molecule has 0 N–H and O–H groups in total. The van der Waals surface area contributed by atoms with Crippen molar-refractivity contribution in [3.8, 4) is 0 Å². The first-order valence-electron chi connectivity index (χ1n) is 7.45. The number of rotatable bonds is 3. The number of aromatic nitrogens is 1. The van der Waals surface area contributed by atoms with Crippen LogP contribution in [-0.4, -0.2) is 29.1 Å². The number of nitrogens with zero attached hydrogens (tertiary/aromatic N) is 2. The first-order valence-corrected chi connectivity index (χ1v) is 8.27. The number of thiazole rings is 1. The van der Waals surface area contributed by atoms with Gasteiger partial charge >= 0.3 is 5.97 Å². The number of allylic oxidation sites excluding steroid dienone is 2. The highest BCUT2D eigenvalue weighted by Crippen LogP contribution is 2.31. The van der Waals surface area contributed by atoms with Crippen LogP contribution in [-0.2, 0) is 4.74 Å². The fraction of sp³-hybridized carbons (Fsp3) is 0.471. The predicted octanol–water partition coefficient (Wildman–Crippen LogP) is 4.68. The first-order chi connectivity index (χ1) is 10.7. The number of carbonyl (C=O) groups excluding carboxylic acids is 1. The molecule has 0 atom stereocenters. The van der Waals surface area contributed by atoms with Crippen LogP contribution < -0.4 is 0 Å². The summed E-state index contributed by atoms with van der Waals surface area (Å²) in [6.07, 6.45) is 3.89. The van der Waals surface area contributed by atoms with Crippen molar-refractivity contribution < 1.29 is 13.9 Å². The fourth-order valence-electron chi connectivity index (χ4n) is 2.02. The minimum absolute atomic E-state index is 0.282. The molecule has 1 aliphatic rings. The van der Waals surface area contributed by atoms with Gasteiger partial charge in [0.1, 0.15) is 10.6 Å². The average molecular weight is 336 g/mol. The third kappa shape index (κ3) is 4.82. The SMILES string of the molecule is CC(C)=Cc1sc(C2=CC(F)=NCC2)nc1C(=O)OC(C)(C)C. The summed E-state index contributed by atoms with van der Waals surface area (Å²) in [6.45, 7) is 9.74. The molecule has 1 aliphatic heterocycles. The number of esters is 1. The van der Waals surface area contributed by atoms with E-state index in [9.17, 15) is 9.18 Å². The van der Waals surface area contributed by atoms with E-state index in [2.05, 4.69) is 9.98 Å². The highest BCUT2D eigenvalue weighted by Gasteiger charge is 2.25. The molecule has 0 unspecified atom stereocenters. The Kier molecular flexibility index (Phi) is 5.14. The Balaban J connectivity index is 2.43. The first kappa shape index (κ1) is 17.5. The van der Waals surface area contributed by atoms with E-state index in [-0.39, 0.29) is 5.69 Å². The number of aliphatic imine (C=N–C) groups is 1. The van der Waals surface area contributed by atoms with Crippen molar-refractivity contribution in [2.75, 3.05) is 6.54 Å². The topological polar surface area (TPSA) is 51.5 Å². The van der Waals surface area contributed by atoms with Crippen molar-refractivity contribution in [2.24, 2.45) is 4.99 Å². The lowest BCUT2D eigenvalue weighted by Crippen LogP contribution is -2.24. The Morgan fingerprint density at radius 3 is 2.65 bits per heavy atom. The second-order valence-electron chi connectivity index (χ2n) is 6.58. The number of dihydropyridines is 1. The maximum Gasteiger partial charge on any atom is 0.358 e. The van der Waals surface area contributed by atoms with Crippen LogP contribution in [0.1, 0.15) is 61.4 Å². The molecule has 0 aliphatic carbocycles. The van der Waals surface area contributed by atoms with Gasteiger partial charge in [-0.2, -0.15) is 4.39 Å². The van der Waals surface area contributed by atoms with Crippen LogP contribution in [0.25, 0.3) is 11.6 Å². The Morgan fingerprint density at radius 2 is 2.09 bits per heavy atom. The molecule has 2 heterocycles. The number of hydrogen-bond donors (Lipinski definition) is 0. The molecule has 1 aromatic heterocycles. The van der Waals surface area contributed by atoms with E-state index in [0.717, 1.165) is 16.0 Å². The summed E-state index contributed by atoms with van der Waals surface area (Å²) in [5, 5.41) is 0.642. The van der Waals surface area contributed by atoms with Gasteiger partial charge in [0.2, 0.25) is 5.97 Å². The molecule has 6 heteroatoms. The fourth-order valence-corrected chi connectivity index (χ4v) is 3.17. The molecule has 2 rings (SSSR count). The average Bonchev–Trinajstić information content (AvgIpc) is 2.80. The smallest absolute Gasteiger partial charge is 0.358 e. The molecule has 0 amide bonds. The van der Waals surface area contributed by atoms with E-state index in [1.54, 1.807) is 0 Å². The zero-order valence-electron chi connectivity index (χ0n) is 14.1. The zero-order chi connectivity index (χ0) is 17.2. The second-order valence-corrected chi connectivity index (χ2v) is 7.61. The van der Waals surface area contributed by atoms with Crippen molar-refractivity contribution in [2.45, 2.75) is 46.6 Å². The summed E-state index contributed by atoms with van der Waals surface area (Å²) >= 11 is 1.37. The monoisotopic (exact) mass is 336 g/mol. The summed E-state index contributed by atoms with van der Waals surface area (Å²) in [5.74, 6) is -0.956. The van der Waals surface area contributed by atoms with Gasteiger partial charge in [-0.3, -0.25) is 4.99 Å². The molecule has 0 saturated carbocycles. The third-order valence-electron chi connectivity index (χ3n) is 2.88. The molecule has 0 aromatic carbocycles. The second kappa shape index (κ2) is 6.74. The van der Waals surface area contributed by atoms with E-state index in [0.29, 0.717) is 18.0 Å². The third-order valence-corrected chi connectivity index (χ3v) is 3.96. The summed E-state index contributed by atoms with van der Waals surface area (Å²) in [6, 6.07) is 0. The van der Waals surface area contributed by atoms with Gasteiger partial charge in [-0.1, -0.05) is 5.57 Å². The van der Waals surface area contributed by atoms with Gasteiger partial charge in [-0.15, -0.1) is 11.3 Å². The Labute approximate surface area is 139 Å². The van der Waals surface area contributed by atoms with Gasteiger partial charge in [0.25, 0.3) is 0 Å². The largest absolute Gasteiger partial charge is 0.455 e.